The van der Waals surface area contributed by atoms with E-state index in [1.165, 1.54) is 12.1 Å². The van der Waals surface area contributed by atoms with Gasteiger partial charge in [-0.15, -0.1) is 0 Å². The Morgan fingerprint density at radius 1 is 1.15 bits per heavy atom. The number of fused-ring (bicyclic) bond motifs is 1. The molecule has 0 spiro atoms. The number of hydrogen-bond donors (Lipinski definition) is 0. The van der Waals surface area contributed by atoms with Crippen LogP contribution in [0, 0.1) is 5.82 Å². The Kier molecular flexibility index (Phi) is 3.10. The summed E-state index contributed by atoms with van der Waals surface area (Å²) < 4.78 is 14.9. The fourth-order valence-corrected chi connectivity index (χ4v) is 2.31. The monoisotopic (exact) mass is 270 g/mol. The van der Waals surface area contributed by atoms with Crippen LogP contribution in [0.5, 0.6) is 0 Å². The van der Waals surface area contributed by atoms with Gasteiger partial charge in [0.15, 0.2) is 0 Å². The number of aryl methyl sites for hydroxylation is 1. The zero-order valence-electron chi connectivity index (χ0n) is 11.4. The molecule has 0 aliphatic heterocycles. The molecule has 4 nitrogen and oxygen atoms in total. The van der Waals surface area contributed by atoms with Gasteiger partial charge in [0.1, 0.15) is 23.6 Å². The van der Waals surface area contributed by atoms with Gasteiger partial charge in [0.05, 0.1) is 5.39 Å². The molecule has 2 heterocycles. The molecule has 0 fully saturated rings. The Labute approximate surface area is 116 Å². The third-order valence-corrected chi connectivity index (χ3v) is 3.34. The molecule has 5 heteroatoms. The SMILES string of the molecule is CN(Cc1ccc(F)cc1)c1ncnc2c1ccn2C. The molecule has 20 heavy (non-hydrogen) atoms. The van der Waals surface area contributed by atoms with E-state index in [0.29, 0.717) is 6.54 Å². The Bertz CT molecular complexity index is 733. The van der Waals surface area contributed by atoms with Gasteiger partial charge in [0, 0.05) is 26.8 Å². The third kappa shape index (κ3) is 2.22. The zero-order valence-corrected chi connectivity index (χ0v) is 11.4. The van der Waals surface area contributed by atoms with Gasteiger partial charge in [-0.2, -0.15) is 0 Å². The summed E-state index contributed by atoms with van der Waals surface area (Å²) in [5, 5.41) is 1.01. The molecule has 3 aromatic rings. The fraction of sp³-hybridized carbons (Fsp3) is 0.200. The van der Waals surface area contributed by atoms with Gasteiger partial charge in [0.2, 0.25) is 0 Å². The highest BCUT2D eigenvalue weighted by Gasteiger charge is 2.11. The van der Waals surface area contributed by atoms with E-state index in [2.05, 4.69) is 9.97 Å². The molecule has 0 radical (unpaired) electrons. The van der Waals surface area contributed by atoms with E-state index in [9.17, 15) is 4.39 Å². The molecule has 0 aliphatic carbocycles. The summed E-state index contributed by atoms with van der Waals surface area (Å²) >= 11 is 0. The second-order valence-corrected chi connectivity index (χ2v) is 4.84. The van der Waals surface area contributed by atoms with E-state index >= 15 is 0 Å². The molecule has 0 bridgehead atoms. The van der Waals surface area contributed by atoms with Crippen LogP contribution in [0.25, 0.3) is 11.0 Å². The van der Waals surface area contributed by atoms with Crippen LogP contribution in [0.1, 0.15) is 5.56 Å². The predicted molar refractivity (Wildman–Crippen MR) is 77.0 cm³/mol. The molecule has 0 unspecified atom stereocenters. The van der Waals surface area contributed by atoms with Crippen molar-refractivity contribution in [1.82, 2.24) is 14.5 Å². The second-order valence-electron chi connectivity index (χ2n) is 4.84. The van der Waals surface area contributed by atoms with Gasteiger partial charge < -0.3 is 9.47 Å². The number of aromatic nitrogens is 3. The van der Waals surface area contributed by atoms with Gasteiger partial charge in [-0.1, -0.05) is 12.1 Å². The van der Waals surface area contributed by atoms with Crippen LogP contribution in [-0.4, -0.2) is 21.6 Å². The van der Waals surface area contributed by atoms with Crippen molar-refractivity contribution in [3.8, 4) is 0 Å². The minimum absolute atomic E-state index is 0.219. The molecule has 2 aromatic heterocycles. The number of anilines is 1. The van der Waals surface area contributed by atoms with E-state index in [4.69, 9.17) is 0 Å². The van der Waals surface area contributed by atoms with E-state index < -0.39 is 0 Å². The van der Waals surface area contributed by atoms with Gasteiger partial charge in [0.25, 0.3) is 0 Å². The van der Waals surface area contributed by atoms with Crippen LogP contribution in [0.4, 0.5) is 10.2 Å². The maximum Gasteiger partial charge on any atom is 0.145 e. The normalized spacial score (nSPS) is 10.9. The predicted octanol–water partition coefficient (Wildman–Crippen LogP) is 2.74. The molecular weight excluding hydrogens is 255 g/mol. The minimum atomic E-state index is -0.219. The fourth-order valence-electron chi connectivity index (χ4n) is 2.31. The van der Waals surface area contributed by atoms with E-state index in [0.717, 1.165) is 22.4 Å². The lowest BCUT2D eigenvalue weighted by atomic mass is 10.2. The van der Waals surface area contributed by atoms with Crippen molar-refractivity contribution in [2.24, 2.45) is 7.05 Å². The average Bonchev–Trinajstić information content (AvgIpc) is 2.83. The lowest BCUT2D eigenvalue weighted by Crippen LogP contribution is -2.18. The number of hydrogen-bond acceptors (Lipinski definition) is 3. The molecule has 0 aliphatic rings. The molecule has 0 N–H and O–H groups in total. The van der Waals surface area contributed by atoms with E-state index in [1.807, 2.05) is 35.8 Å². The summed E-state index contributed by atoms with van der Waals surface area (Å²) in [7, 11) is 3.93. The van der Waals surface area contributed by atoms with Crippen LogP contribution < -0.4 is 4.90 Å². The summed E-state index contributed by atoms with van der Waals surface area (Å²) in [5.74, 6) is 0.656. The lowest BCUT2D eigenvalue weighted by Gasteiger charge is -2.18. The van der Waals surface area contributed by atoms with Crippen molar-refractivity contribution in [2.75, 3.05) is 11.9 Å². The summed E-state index contributed by atoms with van der Waals surface area (Å²) in [6.45, 7) is 0.668. The van der Waals surface area contributed by atoms with Crippen LogP contribution in [0.3, 0.4) is 0 Å². The lowest BCUT2D eigenvalue weighted by molar-refractivity contribution is 0.627. The first-order valence-corrected chi connectivity index (χ1v) is 6.37. The topological polar surface area (TPSA) is 34.0 Å². The smallest absolute Gasteiger partial charge is 0.145 e. The highest BCUT2D eigenvalue weighted by molar-refractivity contribution is 5.87. The second kappa shape index (κ2) is 4.92. The molecular formula is C15H15FN4. The maximum absolute atomic E-state index is 12.9. The van der Waals surface area contributed by atoms with Gasteiger partial charge in [-0.05, 0) is 23.8 Å². The summed E-state index contributed by atoms with van der Waals surface area (Å²) in [5.41, 5.74) is 1.94. The summed E-state index contributed by atoms with van der Waals surface area (Å²) in [4.78, 5) is 10.7. The maximum atomic E-state index is 12.9. The highest BCUT2D eigenvalue weighted by Crippen LogP contribution is 2.23. The van der Waals surface area contributed by atoms with Crippen molar-refractivity contribution in [3.63, 3.8) is 0 Å². The summed E-state index contributed by atoms with van der Waals surface area (Å²) in [6, 6.07) is 8.53. The molecule has 1 aromatic carbocycles. The Morgan fingerprint density at radius 3 is 2.65 bits per heavy atom. The molecule has 3 rings (SSSR count). The van der Waals surface area contributed by atoms with Crippen LogP contribution in [0.2, 0.25) is 0 Å². The van der Waals surface area contributed by atoms with Crippen LogP contribution >= 0.6 is 0 Å². The van der Waals surface area contributed by atoms with Gasteiger partial charge in [-0.25, -0.2) is 14.4 Å². The van der Waals surface area contributed by atoms with Crippen molar-refractivity contribution >= 4 is 16.9 Å². The molecule has 0 atom stereocenters. The van der Waals surface area contributed by atoms with Crippen LogP contribution in [0.15, 0.2) is 42.9 Å². The van der Waals surface area contributed by atoms with E-state index in [-0.39, 0.29) is 5.82 Å². The average molecular weight is 270 g/mol. The quantitative estimate of drug-likeness (QED) is 0.734. The first-order chi connectivity index (χ1) is 9.65. The Morgan fingerprint density at radius 2 is 1.90 bits per heavy atom. The Balaban J connectivity index is 1.92. The zero-order chi connectivity index (χ0) is 14.1. The highest BCUT2D eigenvalue weighted by atomic mass is 19.1. The van der Waals surface area contributed by atoms with Gasteiger partial charge >= 0.3 is 0 Å². The van der Waals surface area contributed by atoms with Crippen molar-refractivity contribution < 1.29 is 4.39 Å². The van der Waals surface area contributed by atoms with Crippen LogP contribution in [-0.2, 0) is 13.6 Å². The number of rotatable bonds is 3. The third-order valence-electron chi connectivity index (χ3n) is 3.34. The number of nitrogens with zero attached hydrogens (tertiary/aromatic N) is 4. The van der Waals surface area contributed by atoms with Crippen molar-refractivity contribution in [2.45, 2.75) is 6.54 Å². The molecule has 0 saturated carbocycles. The first kappa shape index (κ1) is 12.6. The number of benzene rings is 1. The van der Waals surface area contributed by atoms with Gasteiger partial charge in [-0.3, -0.25) is 0 Å². The first-order valence-electron chi connectivity index (χ1n) is 6.37. The molecule has 102 valence electrons. The van der Waals surface area contributed by atoms with Crippen molar-refractivity contribution in [3.05, 3.63) is 54.2 Å². The Hall–Kier alpha value is -2.43. The van der Waals surface area contributed by atoms with E-state index in [1.54, 1.807) is 18.5 Å². The molecule has 0 amide bonds. The molecule has 0 saturated heterocycles. The number of halogens is 1. The van der Waals surface area contributed by atoms with Crippen molar-refractivity contribution in [1.29, 1.82) is 0 Å². The summed E-state index contributed by atoms with van der Waals surface area (Å²) in [6.07, 6.45) is 3.54. The largest absolute Gasteiger partial charge is 0.355 e. The standard InChI is InChI=1S/C15H15FN4/c1-19-8-7-13-14(19)17-10-18-15(13)20(2)9-11-3-5-12(16)6-4-11/h3-8,10H,9H2,1-2H3. The minimum Gasteiger partial charge on any atom is -0.355 e.